The van der Waals surface area contributed by atoms with E-state index >= 15 is 0 Å². The number of oxime groups is 1. The Balaban J connectivity index is 2.35. The molecule has 4 nitrogen and oxygen atoms in total. The highest BCUT2D eigenvalue weighted by Crippen LogP contribution is 2.25. The van der Waals surface area contributed by atoms with Gasteiger partial charge in [-0.15, -0.1) is 0 Å². The van der Waals surface area contributed by atoms with Crippen molar-refractivity contribution < 1.29 is 5.21 Å². The average Bonchev–Trinajstić information content (AvgIpc) is 2.79. The maximum atomic E-state index is 8.62. The summed E-state index contributed by atoms with van der Waals surface area (Å²) in [6.07, 6.45) is 5.51. The highest BCUT2D eigenvalue weighted by molar-refractivity contribution is 5.82. The van der Waals surface area contributed by atoms with Crippen molar-refractivity contribution in [3.05, 3.63) is 0 Å². The summed E-state index contributed by atoms with van der Waals surface area (Å²) in [7, 11) is 0. The zero-order chi connectivity index (χ0) is 12.0. The van der Waals surface area contributed by atoms with E-state index in [4.69, 9.17) is 10.9 Å². The molecule has 1 rings (SSSR count). The Labute approximate surface area is 98.5 Å². The third-order valence-electron chi connectivity index (χ3n) is 3.59. The largest absolute Gasteiger partial charge is 0.409 e. The highest BCUT2D eigenvalue weighted by atomic mass is 16.4. The molecule has 16 heavy (non-hydrogen) atoms. The molecule has 0 saturated heterocycles. The van der Waals surface area contributed by atoms with Crippen LogP contribution in [-0.2, 0) is 0 Å². The minimum Gasteiger partial charge on any atom is -0.409 e. The van der Waals surface area contributed by atoms with E-state index in [2.05, 4.69) is 17.0 Å². The number of hydrogen-bond acceptors (Lipinski definition) is 3. The molecule has 1 saturated carbocycles. The van der Waals surface area contributed by atoms with Gasteiger partial charge in [-0.2, -0.15) is 0 Å². The van der Waals surface area contributed by atoms with E-state index in [1.54, 1.807) is 0 Å². The smallest absolute Gasteiger partial charge is 0.143 e. The normalized spacial score (nSPS) is 20.6. The molecular weight excluding hydrogens is 202 g/mol. The van der Waals surface area contributed by atoms with Crippen molar-refractivity contribution in [2.45, 2.75) is 39.5 Å². The first-order chi connectivity index (χ1) is 7.67. The Morgan fingerprint density at radius 1 is 1.50 bits per heavy atom. The van der Waals surface area contributed by atoms with E-state index < -0.39 is 0 Å². The Hall–Kier alpha value is -0.770. The van der Waals surface area contributed by atoms with Gasteiger partial charge in [0, 0.05) is 19.0 Å². The predicted octanol–water partition coefficient (Wildman–Crippen LogP) is 1.88. The Morgan fingerprint density at radius 3 is 2.62 bits per heavy atom. The zero-order valence-corrected chi connectivity index (χ0v) is 10.5. The van der Waals surface area contributed by atoms with Crippen LogP contribution >= 0.6 is 0 Å². The summed E-state index contributed by atoms with van der Waals surface area (Å²) < 4.78 is 0. The minimum atomic E-state index is 0.131. The zero-order valence-electron chi connectivity index (χ0n) is 10.5. The van der Waals surface area contributed by atoms with Crippen LogP contribution in [0.2, 0.25) is 0 Å². The van der Waals surface area contributed by atoms with Crippen molar-refractivity contribution >= 4 is 5.84 Å². The SMILES string of the molecule is CCN(CC1CCCC1)CC(C)C(N)=NO. The van der Waals surface area contributed by atoms with E-state index in [0.29, 0.717) is 5.84 Å². The fourth-order valence-corrected chi connectivity index (χ4v) is 2.47. The Kier molecular flexibility index (Phi) is 5.60. The van der Waals surface area contributed by atoms with Crippen LogP contribution in [0, 0.1) is 11.8 Å². The van der Waals surface area contributed by atoms with Gasteiger partial charge in [-0.05, 0) is 25.3 Å². The molecule has 0 aromatic carbocycles. The van der Waals surface area contributed by atoms with Crippen LogP contribution < -0.4 is 5.73 Å². The molecule has 1 aliphatic rings. The van der Waals surface area contributed by atoms with Crippen molar-refractivity contribution in [1.29, 1.82) is 0 Å². The van der Waals surface area contributed by atoms with Crippen molar-refractivity contribution in [3.8, 4) is 0 Å². The summed E-state index contributed by atoms with van der Waals surface area (Å²) in [6, 6.07) is 0. The van der Waals surface area contributed by atoms with Gasteiger partial charge in [-0.1, -0.05) is 31.8 Å². The molecule has 0 bridgehead atoms. The molecule has 0 aliphatic heterocycles. The van der Waals surface area contributed by atoms with Crippen molar-refractivity contribution in [2.24, 2.45) is 22.7 Å². The van der Waals surface area contributed by atoms with Crippen LogP contribution in [0.4, 0.5) is 0 Å². The lowest BCUT2D eigenvalue weighted by Gasteiger charge is -2.26. The number of hydrogen-bond donors (Lipinski definition) is 2. The molecule has 0 amide bonds. The summed E-state index contributed by atoms with van der Waals surface area (Å²) in [6.45, 7) is 7.28. The maximum Gasteiger partial charge on any atom is 0.143 e. The van der Waals surface area contributed by atoms with E-state index in [9.17, 15) is 0 Å². The number of rotatable bonds is 6. The fourth-order valence-electron chi connectivity index (χ4n) is 2.47. The molecular formula is C12H25N3O. The molecule has 0 radical (unpaired) electrons. The van der Waals surface area contributed by atoms with E-state index in [-0.39, 0.29) is 5.92 Å². The van der Waals surface area contributed by atoms with E-state index in [0.717, 1.165) is 19.0 Å². The summed E-state index contributed by atoms with van der Waals surface area (Å²) in [5, 5.41) is 11.7. The lowest BCUT2D eigenvalue weighted by Crippen LogP contribution is -2.37. The topological polar surface area (TPSA) is 61.8 Å². The number of amidine groups is 1. The fraction of sp³-hybridized carbons (Fsp3) is 0.917. The quantitative estimate of drug-likeness (QED) is 0.315. The molecule has 1 unspecified atom stereocenters. The van der Waals surface area contributed by atoms with Crippen LogP contribution in [0.5, 0.6) is 0 Å². The summed E-state index contributed by atoms with van der Waals surface area (Å²) in [5.74, 6) is 1.33. The van der Waals surface area contributed by atoms with Gasteiger partial charge in [0.1, 0.15) is 5.84 Å². The van der Waals surface area contributed by atoms with Gasteiger partial charge >= 0.3 is 0 Å². The first kappa shape index (κ1) is 13.3. The summed E-state index contributed by atoms with van der Waals surface area (Å²) >= 11 is 0. The second-order valence-corrected chi connectivity index (χ2v) is 4.93. The van der Waals surface area contributed by atoms with Crippen LogP contribution in [0.1, 0.15) is 39.5 Å². The molecule has 0 aromatic heterocycles. The molecule has 94 valence electrons. The van der Waals surface area contributed by atoms with E-state index in [1.165, 1.54) is 32.2 Å². The van der Waals surface area contributed by atoms with Gasteiger partial charge in [0.25, 0.3) is 0 Å². The van der Waals surface area contributed by atoms with Crippen LogP contribution in [0.25, 0.3) is 0 Å². The average molecular weight is 227 g/mol. The monoisotopic (exact) mass is 227 g/mol. The standard InChI is InChI=1S/C12H25N3O/c1-3-15(8-10(2)12(13)14-16)9-11-6-4-5-7-11/h10-11,16H,3-9H2,1-2H3,(H2,13,14). The van der Waals surface area contributed by atoms with Crippen molar-refractivity contribution in [3.63, 3.8) is 0 Å². The molecule has 0 aromatic rings. The third-order valence-corrected chi connectivity index (χ3v) is 3.59. The van der Waals surface area contributed by atoms with Gasteiger partial charge in [0.05, 0.1) is 0 Å². The number of nitrogens with two attached hydrogens (primary N) is 1. The van der Waals surface area contributed by atoms with Crippen LogP contribution in [0.15, 0.2) is 5.16 Å². The molecule has 0 heterocycles. The van der Waals surface area contributed by atoms with Crippen LogP contribution in [0.3, 0.4) is 0 Å². The van der Waals surface area contributed by atoms with Gasteiger partial charge in [0.2, 0.25) is 0 Å². The first-order valence-corrected chi connectivity index (χ1v) is 6.37. The molecule has 3 N–H and O–H groups in total. The predicted molar refractivity (Wildman–Crippen MR) is 66.6 cm³/mol. The van der Waals surface area contributed by atoms with Gasteiger partial charge in [-0.25, -0.2) is 0 Å². The Bertz CT molecular complexity index is 224. The molecule has 1 fully saturated rings. The van der Waals surface area contributed by atoms with Crippen molar-refractivity contribution in [2.75, 3.05) is 19.6 Å². The number of nitrogens with zero attached hydrogens (tertiary/aromatic N) is 2. The minimum absolute atomic E-state index is 0.131. The lowest BCUT2D eigenvalue weighted by molar-refractivity contribution is 0.227. The molecule has 0 spiro atoms. The first-order valence-electron chi connectivity index (χ1n) is 6.37. The third kappa shape index (κ3) is 4.00. The second kappa shape index (κ2) is 6.74. The second-order valence-electron chi connectivity index (χ2n) is 4.93. The molecule has 1 aliphatic carbocycles. The van der Waals surface area contributed by atoms with Crippen LogP contribution in [-0.4, -0.2) is 35.6 Å². The van der Waals surface area contributed by atoms with Crippen molar-refractivity contribution in [1.82, 2.24) is 4.90 Å². The summed E-state index contributed by atoms with van der Waals surface area (Å²) in [4.78, 5) is 2.42. The molecule has 1 atom stereocenters. The van der Waals surface area contributed by atoms with E-state index in [1.807, 2.05) is 6.92 Å². The van der Waals surface area contributed by atoms with Gasteiger partial charge in [0.15, 0.2) is 0 Å². The highest BCUT2D eigenvalue weighted by Gasteiger charge is 2.19. The maximum absolute atomic E-state index is 8.62. The Morgan fingerprint density at radius 2 is 2.12 bits per heavy atom. The molecule has 4 heteroatoms. The van der Waals surface area contributed by atoms with Gasteiger partial charge in [-0.3, -0.25) is 0 Å². The lowest BCUT2D eigenvalue weighted by atomic mass is 10.1. The van der Waals surface area contributed by atoms with Gasteiger partial charge < -0.3 is 15.8 Å². The summed E-state index contributed by atoms with van der Waals surface area (Å²) in [5.41, 5.74) is 5.60.